The van der Waals surface area contributed by atoms with Gasteiger partial charge in [0.15, 0.2) is 0 Å². The minimum absolute atomic E-state index is 0.0200. The second-order valence-corrected chi connectivity index (χ2v) is 5.12. The van der Waals surface area contributed by atoms with E-state index < -0.39 is 18.2 Å². The van der Waals surface area contributed by atoms with E-state index in [1.807, 2.05) is 26.0 Å². The smallest absolute Gasteiger partial charge is 0.303 e. The number of rotatable bonds is 11. The summed E-state index contributed by atoms with van der Waals surface area (Å²) >= 11 is 0. The first kappa shape index (κ1) is 18.7. The third kappa shape index (κ3) is 5.39. The highest BCUT2D eigenvalue weighted by atomic mass is 16.5. The fourth-order valence-electron chi connectivity index (χ4n) is 2.52. The molecular weight excluding hydrogens is 300 g/mol. The Bertz CT molecular complexity index is 540. The quantitative estimate of drug-likeness (QED) is 0.630. The molecule has 0 aromatic heterocycles. The molecule has 0 fully saturated rings. The molecule has 1 aromatic rings. The molecule has 0 saturated carbocycles. The maximum absolute atomic E-state index is 10.7. The normalized spacial score (nSPS) is 13.0. The number of hydrogen-bond acceptors (Lipinski definition) is 5. The van der Waals surface area contributed by atoms with Crippen LogP contribution in [-0.4, -0.2) is 24.0 Å². The van der Waals surface area contributed by atoms with E-state index in [9.17, 15) is 14.4 Å². The van der Waals surface area contributed by atoms with E-state index in [1.165, 1.54) is 0 Å². The Morgan fingerprint density at radius 3 is 2.13 bits per heavy atom. The van der Waals surface area contributed by atoms with Crippen LogP contribution in [0.2, 0.25) is 0 Å². The molecule has 1 rings (SSSR count). The Morgan fingerprint density at radius 1 is 1.09 bits per heavy atom. The van der Waals surface area contributed by atoms with Crippen molar-refractivity contribution in [3.05, 3.63) is 34.9 Å². The molecule has 2 atom stereocenters. The second kappa shape index (κ2) is 9.61. The zero-order chi connectivity index (χ0) is 17.2. The number of hydrogen-bond donors (Lipinski definition) is 1. The van der Waals surface area contributed by atoms with Crippen molar-refractivity contribution < 1.29 is 29.0 Å². The van der Waals surface area contributed by atoms with Gasteiger partial charge in [-0.05, 0) is 36.0 Å². The molecule has 0 heterocycles. The molecule has 6 nitrogen and oxygen atoms in total. The highest BCUT2D eigenvalue weighted by Gasteiger charge is 2.21. The van der Waals surface area contributed by atoms with Crippen LogP contribution in [0.5, 0.6) is 0 Å². The Balaban J connectivity index is 3.23. The molecule has 23 heavy (non-hydrogen) atoms. The Kier molecular flexibility index (Phi) is 7.80. The van der Waals surface area contributed by atoms with Crippen LogP contribution in [0.4, 0.5) is 0 Å². The van der Waals surface area contributed by atoms with Crippen molar-refractivity contribution in [1.82, 2.24) is 0 Å². The number of benzene rings is 1. The first-order valence-electron chi connectivity index (χ1n) is 7.60. The van der Waals surface area contributed by atoms with E-state index in [2.05, 4.69) is 0 Å². The van der Waals surface area contributed by atoms with Crippen molar-refractivity contribution in [1.29, 1.82) is 0 Å². The van der Waals surface area contributed by atoms with Gasteiger partial charge in [-0.2, -0.15) is 0 Å². The zero-order valence-corrected chi connectivity index (χ0v) is 13.4. The standard InChI is InChI=1S/C17H22O6/c1-3-15(22-10-18)13-7-5-12(6-8-17(20)21)9-14(13)16(4-2)23-11-19/h5,7,9-11,15-16H,3-4,6,8H2,1-2H3,(H,20,21). The van der Waals surface area contributed by atoms with Crippen LogP contribution in [0.15, 0.2) is 18.2 Å². The summed E-state index contributed by atoms with van der Waals surface area (Å²) in [5.74, 6) is -0.873. The molecule has 0 aliphatic heterocycles. The summed E-state index contributed by atoms with van der Waals surface area (Å²) in [4.78, 5) is 32.2. The van der Waals surface area contributed by atoms with Crippen LogP contribution < -0.4 is 0 Å². The van der Waals surface area contributed by atoms with Gasteiger partial charge in [-0.1, -0.05) is 32.0 Å². The lowest BCUT2D eigenvalue weighted by Crippen LogP contribution is -2.12. The zero-order valence-electron chi connectivity index (χ0n) is 13.4. The predicted octanol–water partition coefficient (Wildman–Crippen LogP) is 2.95. The predicted molar refractivity (Wildman–Crippen MR) is 82.8 cm³/mol. The van der Waals surface area contributed by atoms with Gasteiger partial charge >= 0.3 is 5.97 Å². The molecule has 0 radical (unpaired) electrons. The summed E-state index contributed by atoms with van der Waals surface area (Å²) < 4.78 is 10.2. The van der Waals surface area contributed by atoms with Crippen molar-refractivity contribution >= 4 is 18.9 Å². The van der Waals surface area contributed by atoms with Crippen molar-refractivity contribution in [3.63, 3.8) is 0 Å². The minimum atomic E-state index is -0.873. The average molecular weight is 322 g/mol. The van der Waals surface area contributed by atoms with Crippen molar-refractivity contribution in [2.75, 3.05) is 0 Å². The highest BCUT2D eigenvalue weighted by Crippen LogP contribution is 2.32. The first-order valence-corrected chi connectivity index (χ1v) is 7.60. The fourth-order valence-corrected chi connectivity index (χ4v) is 2.52. The molecule has 1 N–H and O–H groups in total. The molecule has 0 aliphatic carbocycles. The minimum Gasteiger partial charge on any atom is -0.481 e. The van der Waals surface area contributed by atoms with Gasteiger partial charge in [0.2, 0.25) is 0 Å². The molecule has 126 valence electrons. The lowest BCUT2D eigenvalue weighted by atomic mass is 9.92. The van der Waals surface area contributed by atoms with Crippen LogP contribution in [0.25, 0.3) is 0 Å². The molecule has 0 amide bonds. The van der Waals surface area contributed by atoms with Crippen LogP contribution >= 0.6 is 0 Å². The molecule has 2 unspecified atom stereocenters. The summed E-state index contributed by atoms with van der Waals surface area (Å²) in [5.41, 5.74) is 2.35. The van der Waals surface area contributed by atoms with Gasteiger partial charge in [-0.3, -0.25) is 14.4 Å². The number of carboxylic acids is 1. The third-order valence-electron chi connectivity index (χ3n) is 3.65. The molecule has 6 heteroatoms. The molecule has 0 aliphatic rings. The first-order chi connectivity index (χ1) is 11.1. The van der Waals surface area contributed by atoms with Crippen LogP contribution in [0.3, 0.4) is 0 Å². The van der Waals surface area contributed by atoms with Gasteiger partial charge in [0.05, 0.1) is 0 Å². The number of ether oxygens (including phenoxy) is 2. The maximum Gasteiger partial charge on any atom is 0.303 e. The molecular formula is C17H22O6. The third-order valence-corrected chi connectivity index (χ3v) is 3.65. The number of aryl methyl sites for hydroxylation is 1. The molecule has 0 spiro atoms. The Morgan fingerprint density at radius 2 is 1.65 bits per heavy atom. The Hall–Kier alpha value is -2.37. The maximum atomic E-state index is 10.7. The topological polar surface area (TPSA) is 89.9 Å². The summed E-state index contributed by atoms with van der Waals surface area (Å²) in [6, 6.07) is 5.44. The van der Waals surface area contributed by atoms with Gasteiger partial charge in [0.1, 0.15) is 12.2 Å². The monoisotopic (exact) mass is 322 g/mol. The molecule has 1 aromatic carbocycles. The highest BCUT2D eigenvalue weighted by molar-refractivity contribution is 5.67. The van der Waals surface area contributed by atoms with Gasteiger partial charge < -0.3 is 14.6 Å². The molecule has 0 saturated heterocycles. The number of carbonyl (C=O) groups is 3. The van der Waals surface area contributed by atoms with E-state index in [-0.39, 0.29) is 6.42 Å². The van der Waals surface area contributed by atoms with Crippen molar-refractivity contribution in [3.8, 4) is 0 Å². The van der Waals surface area contributed by atoms with E-state index in [1.54, 1.807) is 6.07 Å². The number of carbonyl (C=O) groups excluding carboxylic acids is 2. The van der Waals surface area contributed by atoms with Gasteiger partial charge in [0.25, 0.3) is 12.9 Å². The summed E-state index contributed by atoms with van der Waals surface area (Å²) in [7, 11) is 0. The van der Waals surface area contributed by atoms with E-state index in [0.29, 0.717) is 32.2 Å². The van der Waals surface area contributed by atoms with E-state index in [4.69, 9.17) is 14.6 Å². The van der Waals surface area contributed by atoms with Crippen molar-refractivity contribution in [2.24, 2.45) is 0 Å². The van der Waals surface area contributed by atoms with Gasteiger partial charge in [-0.15, -0.1) is 0 Å². The van der Waals surface area contributed by atoms with Crippen LogP contribution in [0.1, 0.15) is 62.0 Å². The lowest BCUT2D eigenvalue weighted by Gasteiger charge is -2.23. The van der Waals surface area contributed by atoms with E-state index in [0.717, 1.165) is 16.7 Å². The van der Waals surface area contributed by atoms with Gasteiger partial charge in [-0.25, -0.2) is 0 Å². The molecule has 0 bridgehead atoms. The second-order valence-electron chi connectivity index (χ2n) is 5.12. The number of aliphatic carboxylic acids is 1. The summed E-state index contributed by atoms with van der Waals surface area (Å²) in [5, 5.41) is 8.80. The van der Waals surface area contributed by atoms with Gasteiger partial charge in [0, 0.05) is 6.42 Å². The fraction of sp³-hybridized carbons (Fsp3) is 0.471. The lowest BCUT2D eigenvalue weighted by molar-refractivity contribution is -0.137. The van der Waals surface area contributed by atoms with Crippen LogP contribution in [-0.2, 0) is 30.3 Å². The summed E-state index contributed by atoms with van der Waals surface area (Å²) in [6.07, 6.45) is 0.651. The SMILES string of the molecule is CCC(OC=O)c1ccc(CCC(=O)O)cc1C(CC)OC=O. The Labute approximate surface area is 135 Å². The number of carboxylic acid groups (broad SMARTS) is 1. The van der Waals surface area contributed by atoms with Crippen molar-refractivity contribution in [2.45, 2.75) is 51.7 Å². The average Bonchev–Trinajstić information content (AvgIpc) is 2.55. The largest absolute Gasteiger partial charge is 0.481 e. The van der Waals surface area contributed by atoms with Crippen LogP contribution in [0, 0.1) is 0 Å². The summed E-state index contributed by atoms with van der Waals surface area (Å²) in [6.45, 7) is 4.56. The van der Waals surface area contributed by atoms with E-state index >= 15 is 0 Å².